The van der Waals surface area contributed by atoms with Gasteiger partial charge < -0.3 is 10.5 Å². The molecule has 0 aliphatic heterocycles. The first-order valence-electron chi connectivity index (χ1n) is 1.94. The van der Waals surface area contributed by atoms with Crippen LogP contribution in [-0.2, 0) is 4.74 Å². The summed E-state index contributed by atoms with van der Waals surface area (Å²) < 4.78 is 4.67. The van der Waals surface area contributed by atoms with Gasteiger partial charge in [0.1, 0.15) is 0 Å². The second-order valence-corrected chi connectivity index (χ2v) is 1.02. The van der Waals surface area contributed by atoms with Crippen molar-refractivity contribution >= 4 is 0 Å². The molecule has 0 aliphatic carbocycles. The highest BCUT2D eigenvalue weighted by atomic mass is 16.5. The summed E-state index contributed by atoms with van der Waals surface area (Å²) >= 11 is 0. The third-order valence-corrected chi connectivity index (χ3v) is 0.489. The van der Waals surface area contributed by atoms with E-state index < -0.39 is 0 Å². The Hall–Kier alpha value is -0.0800. The minimum Gasteiger partial charge on any atom is -0.385 e. The van der Waals surface area contributed by atoms with Crippen LogP contribution in [0.25, 0.3) is 0 Å². The number of nitrogens with two attached hydrogens (primary N) is 1. The second-order valence-electron chi connectivity index (χ2n) is 1.02. The highest BCUT2D eigenvalue weighted by Gasteiger charge is 1.75. The zero-order valence-electron chi connectivity index (χ0n) is 3.98. The third-order valence-electron chi connectivity index (χ3n) is 0.489. The van der Waals surface area contributed by atoms with Gasteiger partial charge in [0.05, 0.1) is 0 Å². The Kier molecular flexibility index (Phi) is 4.85. The van der Waals surface area contributed by atoms with Crippen LogP contribution < -0.4 is 5.73 Å². The van der Waals surface area contributed by atoms with Gasteiger partial charge in [-0.3, -0.25) is 0 Å². The molecule has 0 unspecified atom stereocenters. The SMILES string of the molecule is COCC[CH]N. The monoisotopic (exact) mass is 88.1 g/mol. The Morgan fingerprint density at radius 3 is 2.67 bits per heavy atom. The maximum atomic E-state index is 5.01. The highest BCUT2D eigenvalue weighted by Crippen LogP contribution is 1.75. The van der Waals surface area contributed by atoms with E-state index in [1.807, 2.05) is 0 Å². The Morgan fingerprint density at radius 2 is 2.50 bits per heavy atom. The molecule has 0 saturated heterocycles. The molecule has 2 N–H and O–H groups in total. The molecule has 0 atom stereocenters. The summed E-state index contributed by atoms with van der Waals surface area (Å²) in [7, 11) is 1.66. The standard InChI is InChI=1S/C4H10NO/c1-6-4-2-3-5/h3H,2,4-5H2,1H3. The predicted octanol–water partition coefficient (Wildman–Crippen LogP) is 0.143. The fraction of sp³-hybridized carbons (Fsp3) is 0.750. The van der Waals surface area contributed by atoms with Gasteiger partial charge in [-0.05, 0) is 6.42 Å². The maximum Gasteiger partial charge on any atom is 0.0477 e. The Bertz CT molecular complexity index is 19.5. The number of methoxy groups -OCH3 is 1. The van der Waals surface area contributed by atoms with Gasteiger partial charge in [0, 0.05) is 20.3 Å². The maximum absolute atomic E-state index is 5.01. The molecule has 6 heavy (non-hydrogen) atoms. The molecule has 1 radical (unpaired) electrons. The minimum atomic E-state index is 0.733. The topological polar surface area (TPSA) is 35.2 Å². The van der Waals surface area contributed by atoms with Crippen molar-refractivity contribution in [1.29, 1.82) is 0 Å². The van der Waals surface area contributed by atoms with E-state index in [0.717, 1.165) is 13.0 Å². The summed E-state index contributed by atoms with van der Waals surface area (Å²) in [5.74, 6) is 0. The van der Waals surface area contributed by atoms with Crippen LogP contribution in [0, 0.1) is 6.54 Å². The van der Waals surface area contributed by atoms with Gasteiger partial charge >= 0.3 is 0 Å². The molecule has 0 fully saturated rings. The van der Waals surface area contributed by atoms with Gasteiger partial charge in [0.2, 0.25) is 0 Å². The number of hydrogen-bond acceptors (Lipinski definition) is 2. The molecule has 37 valence electrons. The van der Waals surface area contributed by atoms with Gasteiger partial charge in [-0.15, -0.1) is 0 Å². The van der Waals surface area contributed by atoms with E-state index in [1.54, 1.807) is 13.7 Å². The number of rotatable bonds is 3. The van der Waals surface area contributed by atoms with Crippen LogP contribution in [0.5, 0.6) is 0 Å². The zero-order valence-corrected chi connectivity index (χ0v) is 3.98. The molecular weight excluding hydrogens is 78.0 g/mol. The number of hydrogen-bond donors (Lipinski definition) is 1. The van der Waals surface area contributed by atoms with E-state index >= 15 is 0 Å². The van der Waals surface area contributed by atoms with Crippen molar-refractivity contribution in [1.82, 2.24) is 0 Å². The van der Waals surface area contributed by atoms with E-state index in [9.17, 15) is 0 Å². The van der Waals surface area contributed by atoms with Crippen molar-refractivity contribution in [2.75, 3.05) is 13.7 Å². The fourth-order valence-corrected chi connectivity index (χ4v) is 0.186. The molecule has 0 spiro atoms. The van der Waals surface area contributed by atoms with Gasteiger partial charge in [0.15, 0.2) is 0 Å². The first kappa shape index (κ1) is 5.92. The van der Waals surface area contributed by atoms with Crippen LogP contribution in [0.2, 0.25) is 0 Å². The molecule has 0 amide bonds. The first-order chi connectivity index (χ1) is 2.91. The van der Waals surface area contributed by atoms with E-state index in [4.69, 9.17) is 5.73 Å². The molecule has 0 rings (SSSR count). The molecule has 0 aromatic rings. The van der Waals surface area contributed by atoms with Crippen molar-refractivity contribution in [3.8, 4) is 0 Å². The fourth-order valence-electron chi connectivity index (χ4n) is 0.186. The average Bonchev–Trinajstić information content (AvgIpc) is 1.61. The van der Waals surface area contributed by atoms with Crippen LogP contribution in [0.1, 0.15) is 6.42 Å². The normalized spacial score (nSPS) is 9.00. The predicted molar refractivity (Wildman–Crippen MR) is 25.0 cm³/mol. The zero-order chi connectivity index (χ0) is 4.83. The smallest absolute Gasteiger partial charge is 0.0477 e. The minimum absolute atomic E-state index is 0.733. The van der Waals surface area contributed by atoms with Crippen LogP contribution in [-0.4, -0.2) is 13.7 Å². The van der Waals surface area contributed by atoms with Crippen molar-refractivity contribution in [3.63, 3.8) is 0 Å². The summed E-state index contributed by atoms with van der Waals surface area (Å²) in [6.07, 6.45) is 0.844. The first-order valence-corrected chi connectivity index (χ1v) is 1.94. The Balaban J connectivity index is 2.34. The average molecular weight is 88.1 g/mol. The molecule has 0 saturated carbocycles. The molecule has 0 aromatic carbocycles. The third kappa shape index (κ3) is 3.92. The molecule has 0 heterocycles. The van der Waals surface area contributed by atoms with Crippen LogP contribution in [0.15, 0.2) is 0 Å². The molecule has 0 aliphatic rings. The van der Waals surface area contributed by atoms with Gasteiger partial charge in [0.25, 0.3) is 0 Å². The highest BCUT2D eigenvalue weighted by molar-refractivity contribution is 4.49. The van der Waals surface area contributed by atoms with E-state index in [2.05, 4.69) is 4.74 Å². The van der Waals surface area contributed by atoms with Crippen molar-refractivity contribution in [3.05, 3.63) is 6.54 Å². The lowest BCUT2D eigenvalue weighted by Crippen LogP contribution is -1.94. The Labute approximate surface area is 38.3 Å². The van der Waals surface area contributed by atoms with E-state index in [-0.39, 0.29) is 0 Å². The van der Waals surface area contributed by atoms with Crippen molar-refractivity contribution in [2.45, 2.75) is 6.42 Å². The van der Waals surface area contributed by atoms with E-state index in [0.29, 0.717) is 0 Å². The molecule has 2 heteroatoms. The van der Waals surface area contributed by atoms with Crippen molar-refractivity contribution in [2.24, 2.45) is 5.73 Å². The summed E-state index contributed by atoms with van der Waals surface area (Å²) in [4.78, 5) is 0. The summed E-state index contributed by atoms with van der Waals surface area (Å²) in [6.45, 7) is 2.32. The summed E-state index contributed by atoms with van der Waals surface area (Å²) in [5, 5.41) is 0. The molecule has 2 nitrogen and oxygen atoms in total. The van der Waals surface area contributed by atoms with Crippen LogP contribution in [0.4, 0.5) is 0 Å². The molecule has 0 aromatic heterocycles. The second kappa shape index (κ2) is 4.92. The molecule has 0 bridgehead atoms. The van der Waals surface area contributed by atoms with Gasteiger partial charge in [-0.1, -0.05) is 0 Å². The van der Waals surface area contributed by atoms with Crippen LogP contribution >= 0.6 is 0 Å². The lowest BCUT2D eigenvalue weighted by atomic mass is 10.5. The van der Waals surface area contributed by atoms with Gasteiger partial charge in [-0.2, -0.15) is 0 Å². The lowest BCUT2D eigenvalue weighted by Gasteiger charge is -1.89. The van der Waals surface area contributed by atoms with E-state index in [1.165, 1.54) is 0 Å². The van der Waals surface area contributed by atoms with Crippen molar-refractivity contribution < 1.29 is 4.74 Å². The Morgan fingerprint density at radius 1 is 1.83 bits per heavy atom. The number of ether oxygens (including phenoxy) is 1. The molecular formula is C4H10NO. The van der Waals surface area contributed by atoms with Crippen LogP contribution in [0.3, 0.4) is 0 Å². The summed E-state index contributed by atoms with van der Waals surface area (Å²) in [6, 6.07) is 0. The quantitative estimate of drug-likeness (QED) is 0.498. The lowest BCUT2D eigenvalue weighted by molar-refractivity contribution is 0.201. The van der Waals surface area contributed by atoms with Gasteiger partial charge in [-0.25, -0.2) is 0 Å². The summed E-state index contributed by atoms with van der Waals surface area (Å²) in [5.41, 5.74) is 5.01. The largest absolute Gasteiger partial charge is 0.385 e.